The molecule has 0 radical (unpaired) electrons. The normalized spacial score (nSPS) is 10.6. The van der Waals surface area contributed by atoms with Crippen molar-refractivity contribution in [1.82, 2.24) is 14.2 Å². The van der Waals surface area contributed by atoms with Gasteiger partial charge in [-0.05, 0) is 24.3 Å². The zero-order valence-electron chi connectivity index (χ0n) is 13.2. The quantitative estimate of drug-likeness (QED) is 0.759. The van der Waals surface area contributed by atoms with Crippen molar-refractivity contribution in [1.29, 1.82) is 0 Å². The van der Waals surface area contributed by atoms with Crippen LogP contribution in [-0.4, -0.2) is 34.3 Å². The van der Waals surface area contributed by atoms with E-state index in [-0.39, 0.29) is 18.1 Å². The van der Waals surface area contributed by atoms with Crippen molar-refractivity contribution in [3.8, 4) is 11.5 Å². The Morgan fingerprint density at radius 3 is 2.75 bits per heavy atom. The molecule has 124 valence electrons. The summed E-state index contributed by atoms with van der Waals surface area (Å²) in [6.07, 6.45) is 1.60. The lowest BCUT2D eigenvalue weighted by Gasteiger charge is -2.11. The first-order chi connectivity index (χ1) is 11.6. The van der Waals surface area contributed by atoms with Gasteiger partial charge in [0.05, 0.1) is 19.9 Å². The number of anilines is 1. The molecule has 1 amide bonds. The van der Waals surface area contributed by atoms with Crippen molar-refractivity contribution < 1.29 is 14.3 Å². The highest BCUT2D eigenvalue weighted by molar-refractivity contribution is 5.92. The molecule has 1 N–H and O–H groups in total. The van der Waals surface area contributed by atoms with E-state index in [9.17, 15) is 9.59 Å². The molecule has 0 spiro atoms. The Morgan fingerprint density at radius 2 is 2.04 bits per heavy atom. The molecular formula is C16H16N4O4. The van der Waals surface area contributed by atoms with E-state index in [1.807, 2.05) is 0 Å². The first-order valence-corrected chi connectivity index (χ1v) is 7.18. The number of carbonyl (C=O) groups excluding carboxylic acids is 1. The van der Waals surface area contributed by atoms with E-state index in [0.717, 1.165) is 4.68 Å². The topological polar surface area (TPSA) is 86.9 Å². The predicted molar refractivity (Wildman–Crippen MR) is 87.6 cm³/mol. The number of rotatable bonds is 5. The molecule has 24 heavy (non-hydrogen) atoms. The Morgan fingerprint density at radius 1 is 1.21 bits per heavy atom. The standard InChI is InChI=1S/C16H16N4O4/c1-23-11-6-7-12(13(9-11)24-2)17-15(21)10-20-16(22)19-8-4-3-5-14(19)18-20/h3-9H,10H2,1-2H3,(H,17,21). The van der Waals surface area contributed by atoms with Crippen LogP contribution in [0.5, 0.6) is 11.5 Å². The van der Waals surface area contributed by atoms with Crippen LogP contribution in [0.3, 0.4) is 0 Å². The van der Waals surface area contributed by atoms with Crippen LogP contribution in [0.1, 0.15) is 0 Å². The number of hydrogen-bond donors (Lipinski definition) is 1. The fraction of sp³-hybridized carbons (Fsp3) is 0.188. The van der Waals surface area contributed by atoms with E-state index in [1.165, 1.54) is 11.5 Å². The lowest BCUT2D eigenvalue weighted by atomic mass is 10.2. The van der Waals surface area contributed by atoms with Crippen molar-refractivity contribution in [2.45, 2.75) is 6.54 Å². The third kappa shape index (κ3) is 2.94. The molecule has 0 bridgehead atoms. The average Bonchev–Trinajstić information content (AvgIpc) is 2.91. The number of fused-ring (bicyclic) bond motifs is 1. The minimum atomic E-state index is -0.385. The second kappa shape index (κ2) is 6.45. The number of nitrogens with zero attached hydrogens (tertiary/aromatic N) is 3. The molecule has 2 aromatic heterocycles. The van der Waals surface area contributed by atoms with Crippen molar-refractivity contribution in [3.05, 3.63) is 53.1 Å². The van der Waals surface area contributed by atoms with Gasteiger partial charge in [0.1, 0.15) is 18.0 Å². The van der Waals surface area contributed by atoms with Gasteiger partial charge in [-0.25, -0.2) is 9.48 Å². The van der Waals surface area contributed by atoms with E-state index in [2.05, 4.69) is 10.4 Å². The smallest absolute Gasteiger partial charge is 0.350 e. The van der Waals surface area contributed by atoms with Gasteiger partial charge in [0.15, 0.2) is 5.65 Å². The molecule has 0 saturated heterocycles. The number of benzene rings is 1. The third-order valence-corrected chi connectivity index (χ3v) is 3.46. The van der Waals surface area contributed by atoms with Gasteiger partial charge in [0.2, 0.25) is 5.91 Å². The summed E-state index contributed by atoms with van der Waals surface area (Å²) >= 11 is 0. The molecule has 0 atom stereocenters. The molecule has 0 saturated carbocycles. The van der Waals surface area contributed by atoms with Crippen LogP contribution < -0.4 is 20.5 Å². The highest BCUT2D eigenvalue weighted by Crippen LogP contribution is 2.28. The summed E-state index contributed by atoms with van der Waals surface area (Å²) in [7, 11) is 3.04. The van der Waals surface area contributed by atoms with Crippen LogP contribution in [0.2, 0.25) is 0 Å². The first-order valence-electron chi connectivity index (χ1n) is 7.18. The fourth-order valence-corrected chi connectivity index (χ4v) is 2.30. The number of aromatic nitrogens is 3. The Balaban J connectivity index is 1.80. The van der Waals surface area contributed by atoms with Crippen LogP contribution >= 0.6 is 0 Å². The van der Waals surface area contributed by atoms with Crippen LogP contribution in [0, 0.1) is 0 Å². The van der Waals surface area contributed by atoms with E-state index in [0.29, 0.717) is 22.8 Å². The SMILES string of the molecule is COc1ccc(NC(=O)Cn2nc3ccccn3c2=O)c(OC)c1. The summed E-state index contributed by atoms with van der Waals surface area (Å²) in [4.78, 5) is 24.4. The minimum absolute atomic E-state index is 0.199. The molecule has 2 heterocycles. The summed E-state index contributed by atoms with van der Waals surface area (Å²) in [5, 5.41) is 6.82. The monoisotopic (exact) mass is 328 g/mol. The number of methoxy groups -OCH3 is 2. The fourth-order valence-electron chi connectivity index (χ4n) is 2.30. The molecule has 0 fully saturated rings. The largest absolute Gasteiger partial charge is 0.497 e. The van der Waals surface area contributed by atoms with Crippen LogP contribution in [0.25, 0.3) is 5.65 Å². The molecule has 0 aliphatic rings. The van der Waals surface area contributed by atoms with E-state index in [4.69, 9.17) is 9.47 Å². The van der Waals surface area contributed by atoms with Crippen LogP contribution in [0.4, 0.5) is 5.69 Å². The molecule has 3 aromatic rings. The van der Waals surface area contributed by atoms with E-state index >= 15 is 0 Å². The first kappa shape index (κ1) is 15.6. The second-order valence-electron chi connectivity index (χ2n) is 4.98. The molecular weight excluding hydrogens is 312 g/mol. The van der Waals surface area contributed by atoms with Crippen molar-refractivity contribution in [3.63, 3.8) is 0 Å². The Kier molecular flexibility index (Phi) is 4.19. The lowest BCUT2D eigenvalue weighted by Crippen LogP contribution is -2.28. The molecule has 1 aromatic carbocycles. The molecule has 0 aliphatic heterocycles. The Labute approximate surface area is 137 Å². The van der Waals surface area contributed by atoms with Crippen molar-refractivity contribution in [2.75, 3.05) is 19.5 Å². The van der Waals surface area contributed by atoms with Gasteiger partial charge in [-0.2, -0.15) is 0 Å². The third-order valence-electron chi connectivity index (χ3n) is 3.46. The maximum atomic E-state index is 12.2. The van der Waals surface area contributed by atoms with Gasteiger partial charge in [0, 0.05) is 12.3 Å². The maximum Gasteiger partial charge on any atom is 0.350 e. The predicted octanol–water partition coefficient (Wildman–Crippen LogP) is 1.15. The van der Waals surface area contributed by atoms with Crippen LogP contribution in [-0.2, 0) is 11.3 Å². The van der Waals surface area contributed by atoms with E-state index in [1.54, 1.807) is 49.7 Å². The highest BCUT2D eigenvalue weighted by atomic mass is 16.5. The number of nitrogens with one attached hydrogen (secondary N) is 1. The maximum absolute atomic E-state index is 12.2. The average molecular weight is 328 g/mol. The van der Waals surface area contributed by atoms with Gasteiger partial charge < -0.3 is 14.8 Å². The van der Waals surface area contributed by atoms with Gasteiger partial charge >= 0.3 is 5.69 Å². The highest BCUT2D eigenvalue weighted by Gasteiger charge is 2.13. The summed E-state index contributed by atoms with van der Waals surface area (Å²) < 4.78 is 12.8. The van der Waals surface area contributed by atoms with Gasteiger partial charge in [0.25, 0.3) is 0 Å². The van der Waals surface area contributed by atoms with Gasteiger partial charge in [-0.3, -0.25) is 9.20 Å². The Bertz CT molecular complexity index is 945. The zero-order valence-corrected chi connectivity index (χ0v) is 13.2. The summed E-state index contributed by atoms with van der Waals surface area (Å²) in [6.45, 7) is -0.199. The van der Waals surface area contributed by atoms with E-state index < -0.39 is 0 Å². The molecule has 8 heteroatoms. The molecule has 0 unspecified atom stereocenters. The second-order valence-corrected chi connectivity index (χ2v) is 4.98. The number of hydrogen-bond acceptors (Lipinski definition) is 5. The van der Waals surface area contributed by atoms with Crippen LogP contribution in [0.15, 0.2) is 47.4 Å². The van der Waals surface area contributed by atoms with Crippen molar-refractivity contribution in [2.24, 2.45) is 0 Å². The Hall–Kier alpha value is -3.29. The van der Waals surface area contributed by atoms with Gasteiger partial charge in [-0.15, -0.1) is 5.10 Å². The number of amides is 1. The number of ether oxygens (including phenoxy) is 2. The van der Waals surface area contributed by atoms with Crippen molar-refractivity contribution >= 4 is 17.2 Å². The number of carbonyl (C=O) groups is 1. The minimum Gasteiger partial charge on any atom is -0.497 e. The lowest BCUT2D eigenvalue weighted by molar-refractivity contribution is -0.117. The summed E-state index contributed by atoms with van der Waals surface area (Å²) in [5.41, 5.74) is 0.597. The molecule has 8 nitrogen and oxygen atoms in total. The molecule has 0 aliphatic carbocycles. The van der Waals surface area contributed by atoms with Gasteiger partial charge in [-0.1, -0.05) is 6.07 Å². The zero-order chi connectivity index (χ0) is 17.1. The summed E-state index contributed by atoms with van der Waals surface area (Å²) in [6, 6.07) is 10.2. The summed E-state index contributed by atoms with van der Waals surface area (Å²) in [5.74, 6) is 0.690. The number of pyridine rings is 1. The molecule has 3 rings (SSSR count).